The summed E-state index contributed by atoms with van der Waals surface area (Å²) in [4.78, 5) is 11.5. The number of nitrogens with one attached hydrogen (secondary N) is 1. The minimum atomic E-state index is -3.53. The summed E-state index contributed by atoms with van der Waals surface area (Å²) in [6, 6.07) is 7.86. The largest absolute Gasteiger partial charge is 0.465 e. The Balaban J connectivity index is 2.97. The highest BCUT2D eigenvalue weighted by molar-refractivity contribution is 7.89. The zero-order chi connectivity index (χ0) is 18.9. The lowest BCUT2D eigenvalue weighted by Crippen LogP contribution is -2.32. The van der Waals surface area contributed by atoms with Crippen LogP contribution in [0.2, 0.25) is 0 Å². The second-order valence-electron chi connectivity index (χ2n) is 5.23. The molecule has 1 aromatic rings. The molecule has 0 amide bonds. The monoisotopic (exact) mass is 365 g/mol. The molecule has 25 heavy (non-hydrogen) atoms. The summed E-state index contributed by atoms with van der Waals surface area (Å²) in [5.74, 6) is -0.746. The van der Waals surface area contributed by atoms with E-state index in [-0.39, 0.29) is 10.5 Å². The van der Waals surface area contributed by atoms with Crippen molar-refractivity contribution >= 4 is 21.7 Å². The van der Waals surface area contributed by atoms with E-state index in [2.05, 4.69) is 10.1 Å². The second kappa shape index (κ2) is 9.81. The molecule has 0 bridgehead atoms. The van der Waals surface area contributed by atoms with E-state index in [0.29, 0.717) is 18.8 Å². The van der Waals surface area contributed by atoms with Crippen LogP contribution in [0.25, 0.3) is 0 Å². The van der Waals surface area contributed by atoms with Crippen LogP contribution >= 0.6 is 0 Å². The molecule has 1 N–H and O–H groups in total. The summed E-state index contributed by atoms with van der Waals surface area (Å²) in [5, 5.41) is 11.6. The topological polar surface area (TPSA) is 99.5 Å². The van der Waals surface area contributed by atoms with Crippen LogP contribution in [0.5, 0.6) is 0 Å². The summed E-state index contributed by atoms with van der Waals surface area (Å²) >= 11 is 0. The van der Waals surface area contributed by atoms with E-state index in [1.807, 2.05) is 13.8 Å². The average molecular weight is 365 g/mol. The molecule has 7 nitrogen and oxygen atoms in total. The number of anilines is 1. The van der Waals surface area contributed by atoms with Crippen LogP contribution in [-0.4, -0.2) is 38.9 Å². The van der Waals surface area contributed by atoms with Gasteiger partial charge in [0.2, 0.25) is 10.0 Å². The van der Waals surface area contributed by atoms with Crippen molar-refractivity contribution in [3.63, 3.8) is 0 Å². The first-order valence-electron chi connectivity index (χ1n) is 7.96. The minimum Gasteiger partial charge on any atom is -0.465 e. The second-order valence-corrected chi connectivity index (χ2v) is 7.17. The number of carbonyl (C=O) groups excluding carboxylic acids is 1. The van der Waals surface area contributed by atoms with Gasteiger partial charge >= 0.3 is 5.97 Å². The fourth-order valence-corrected chi connectivity index (χ4v) is 3.75. The van der Waals surface area contributed by atoms with E-state index in [1.165, 1.54) is 29.7 Å². The standard InChI is InChI=1S/C17H23N3O4S/c1-4-10-20(11-5-2)25(22,23)16-8-6-15(7-9-16)19-13-14(12-18)17(21)24-3/h6-9,13,19H,4-5,10-11H2,1-3H3/b14-13+. The third kappa shape index (κ3) is 5.59. The van der Waals surface area contributed by atoms with Gasteiger partial charge in [0.1, 0.15) is 6.07 Å². The molecule has 0 radical (unpaired) electrons. The van der Waals surface area contributed by atoms with Crippen LogP contribution in [0.1, 0.15) is 26.7 Å². The Morgan fingerprint density at radius 3 is 2.24 bits per heavy atom. The fourth-order valence-electron chi connectivity index (χ4n) is 2.13. The zero-order valence-electron chi connectivity index (χ0n) is 14.7. The zero-order valence-corrected chi connectivity index (χ0v) is 15.5. The lowest BCUT2D eigenvalue weighted by molar-refractivity contribution is -0.135. The van der Waals surface area contributed by atoms with Gasteiger partial charge in [0.15, 0.2) is 5.57 Å². The van der Waals surface area contributed by atoms with Gasteiger partial charge in [0.05, 0.1) is 12.0 Å². The van der Waals surface area contributed by atoms with E-state index in [4.69, 9.17) is 5.26 Å². The fraction of sp³-hybridized carbons (Fsp3) is 0.412. The molecule has 0 aliphatic carbocycles. The first-order valence-corrected chi connectivity index (χ1v) is 9.40. The van der Waals surface area contributed by atoms with Crippen molar-refractivity contribution in [2.24, 2.45) is 0 Å². The Bertz CT molecular complexity index is 743. The quantitative estimate of drug-likeness (QED) is 0.410. The van der Waals surface area contributed by atoms with Gasteiger partial charge in [0.25, 0.3) is 0 Å². The number of hydrogen-bond acceptors (Lipinski definition) is 6. The highest BCUT2D eigenvalue weighted by atomic mass is 32.2. The van der Waals surface area contributed by atoms with Gasteiger partial charge in [-0.3, -0.25) is 0 Å². The van der Waals surface area contributed by atoms with Gasteiger partial charge in [-0.15, -0.1) is 0 Å². The van der Waals surface area contributed by atoms with Crippen molar-refractivity contribution in [1.82, 2.24) is 4.31 Å². The number of ether oxygens (including phenoxy) is 1. The van der Waals surface area contributed by atoms with Gasteiger partial charge in [0, 0.05) is 25.0 Å². The molecule has 0 fully saturated rings. The molecular formula is C17H23N3O4S. The maximum absolute atomic E-state index is 12.7. The predicted molar refractivity (Wildman–Crippen MR) is 95.1 cm³/mol. The average Bonchev–Trinajstić information content (AvgIpc) is 2.62. The SMILES string of the molecule is CCCN(CCC)S(=O)(=O)c1ccc(N/C=C(\C#N)C(=O)OC)cc1. The molecule has 0 saturated carbocycles. The lowest BCUT2D eigenvalue weighted by atomic mass is 10.3. The first kappa shape index (κ1) is 20.7. The Labute approximate surface area is 148 Å². The number of hydrogen-bond donors (Lipinski definition) is 1. The van der Waals surface area contributed by atoms with Crippen LogP contribution in [-0.2, 0) is 19.6 Å². The van der Waals surface area contributed by atoms with E-state index < -0.39 is 16.0 Å². The van der Waals surface area contributed by atoms with E-state index in [0.717, 1.165) is 12.8 Å². The van der Waals surface area contributed by atoms with Crippen molar-refractivity contribution in [2.45, 2.75) is 31.6 Å². The van der Waals surface area contributed by atoms with Crippen LogP contribution in [0.15, 0.2) is 40.9 Å². The number of benzene rings is 1. The molecule has 136 valence electrons. The van der Waals surface area contributed by atoms with Crippen LogP contribution in [0.4, 0.5) is 5.69 Å². The maximum atomic E-state index is 12.7. The van der Waals surface area contributed by atoms with Gasteiger partial charge in [-0.1, -0.05) is 13.8 Å². The van der Waals surface area contributed by atoms with Crippen molar-refractivity contribution in [1.29, 1.82) is 5.26 Å². The number of nitrogens with zero attached hydrogens (tertiary/aromatic N) is 2. The van der Waals surface area contributed by atoms with Crippen molar-refractivity contribution in [3.8, 4) is 6.07 Å². The molecular weight excluding hydrogens is 342 g/mol. The molecule has 0 aromatic heterocycles. The lowest BCUT2D eigenvalue weighted by Gasteiger charge is -2.21. The minimum absolute atomic E-state index is 0.184. The van der Waals surface area contributed by atoms with Crippen LogP contribution < -0.4 is 5.32 Å². The first-order chi connectivity index (χ1) is 11.9. The molecule has 1 rings (SSSR count). The molecule has 0 heterocycles. The van der Waals surface area contributed by atoms with Gasteiger partial charge < -0.3 is 10.1 Å². The Kier molecular flexibility index (Phi) is 8.11. The normalized spacial score (nSPS) is 11.9. The Morgan fingerprint density at radius 2 is 1.80 bits per heavy atom. The number of rotatable bonds is 9. The third-order valence-electron chi connectivity index (χ3n) is 3.35. The molecule has 0 saturated heterocycles. The maximum Gasteiger partial charge on any atom is 0.350 e. The smallest absolute Gasteiger partial charge is 0.350 e. The number of methoxy groups -OCH3 is 1. The molecule has 1 aromatic carbocycles. The van der Waals surface area contributed by atoms with Gasteiger partial charge in [-0.25, -0.2) is 13.2 Å². The van der Waals surface area contributed by atoms with E-state index in [1.54, 1.807) is 18.2 Å². The van der Waals surface area contributed by atoms with Crippen molar-refractivity contribution in [2.75, 3.05) is 25.5 Å². The van der Waals surface area contributed by atoms with Gasteiger partial charge in [-0.05, 0) is 37.1 Å². The molecule has 0 aliphatic rings. The van der Waals surface area contributed by atoms with Gasteiger partial charge in [-0.2, -0.15) is 9.57 Å². The summed E-state index contributed by atoms with van der Waals surface area (Å²) in [5.41, 5.74) is 0.365. The molecule has 0 aliphatic heterocycles. The van der Waals surface area contributed by atoms with Crippen molar-refractivity contribution in [3.05, 3.63) is 36.0 Å². The molecule has 0 spiro atoms. The summed E-state index contributed by atoms with van der Waals surface area (Å²) in [6.45, 7) is 4.82. The molecule has 0 atom stereocenters. The molecule has 8 heteroatoms. The van der Waals surface area contributed by atoms with E-state index in [9.17, 15) is 13.2 Å². The van der Waals surface area contributed by atoms with E-state index >= 15 is 0 Å². The summed E-state index contributed by atoms with van der Waals surface area (Å²) < 4.78 is 31.3. The Hall–Kier alpha value is -2.37. The number of carbonyl (C=O) groups is 1. The van der Waals surface area contributed by atoms with Crippen molar-refractivity contribution < 1.29 is 17.9 Å². The van der Waals surface area contributed by atoms with Crippen LogP contribution in [0.3, 0.4) is 0 Å². The summed E-state index contributed by atoms with van der Waals surface area (Å²) in [6.07, 6.45) is 2.71. The third-order valence-corrected chi connectivity index (χ3v) is 5.26. The summed E-state index contributed by atoms with van der Waals surface area (Å²) in [7, 11) is -2.35. The Morgan fingerprint density at radius 1 is 1.24 bits per heavy atom. The molecule has 0 unspecified atom stereocenters. The number of sulfonamides is 1. The van der Waals surface area contributed by atoms with Crippen LogP contribution in [0, 0.1) is 11.3 Å². The number of nitriles is 1. The highest BCUT2D eigenvalue weighted by Gasteiger charge is 2.22. The number of esters is 1. The highest BCUT2D eigenvalue weighted by Crippen LogP contribution is 2.19. The predicted octanol–water partition coefficient (Wildman–Crippen LogP) is 2.49.